The number of H-pyrrole nitrogens is 1. The summed E-state index contributed by atoms with van der Waals surface area (Å²) in [5.41, 5.74) is -0.411. The maximum Gasteiger partial charge on any atom is 0.418 e. The number of hydrogen-bond acceptors (Lipinski definition) is 2. The molecule has 0 atom stereocenters. The molecule has 0 aliphatic carbocycles. The summed E-state index contributed by atoms with van der Waals surface area (Å²) in [4.78, 5) is 11.7. The molecular weight excluding hydrogens is 285 g/mol. The van der Waals surface area contributed by atoms with Crippen molar-refractivity contribution in [3.05, 3.63) is 41.6 Å². The molecule has 0 spiro atoms. The van der Waals surface area contributed by atoms with Crippen molar-refractivity contribution in [3.8, 4) is 0 Å². The zero-order chi connectivity index (χ0) is 15.5. The number of aromatic amines is 1. The summed E-state index contributed by atoms with van der Waals surface area (Å²) < 4.78 is 38.4. The fourth-order valence-corrected chi connectivity index (χ4v) is 1.72. The number of anilines is 2. The third kappa shape index (κ3) is 3.74. The Kier molecular flexibility index (Phi) is 4.15. The van der Waals surface area contributed by atoms with Gasteiger partial charge in [0.15, 0.2) is 5.82 Å². The van der Waals surface area contributed by atoms with Crippen molar-refractivity contribution in [1.82, 2.24) is 10.2 Å². The standard InChI is InChI=1S/C13H13F3N4O/c1-2-8-7-11(20-19-8)18-12(21)17-10-6-4-3-5-9(10)13(14,15)16/h3-7H,2H2,1H3,(H3,17,18,19,20,21). The summed E-state index contributed by atoms with van der Waals surface area (Å²) >= 11 is 0. The number of alkyl halides is 3. The van der Waals surface area contributed by atoms with Crippen LogP contribution >= 0.6 is 0 Å². The molecule has 0 aliphatic heterocycles. The van der Waals surface area contributed by atoms with Crippen molar-refractivity contribution in [2.45, 2.75) is 19.5 Å². The van der Waals surface area contributed by atoms with Crippen LogP contribution in [-0.4, -0.2) is 16.2 Å². The predicted octanol–water partition coefficient (Wildman–Crippen LogP) is 3.63. The Labute approximate surface area is 118 Å². The first kappa shape index (κ1) is 14.9. The Hall–Kier alpha value is -2.51. The zero-order valence-electron chi connectivity index (χ0n) is 11.1. The lowest BCUT2D eigenvalue weighted by Gasteiger charge is -2.13. The second kappa shape index (κ2) is 5.86. The smallest absolute Gasteiger partial charge is 0.307 e. The third-order valence-corrected chi connectivity index (χ3v) is 2.73. The average Bonchev–Trinajstić information content (AvgIpc) is 2.85. The van der Waals surface area contributed by atoms with Crippen LogP contribution in [0.3, 0.4) is 0 Å². The van der Waals surface area contributed by atoms with Crippen LogP contribution < -0.4 is 10.6 Å². The Morgan fingerprint density at radius 2 is 2.00 bits per heavy atom. The van der Waals surface area contributed by atoms with E-state index in [1.54, 1.807) is 6.07 Å². The van der Waals surface area contributed by atoms with Gasteiger partial charge in [-0.05, 0) is 18.6 Å². The molecule has 0 fully saturated rings. The van der Waals surface area contributed by atoms with Gasteiger partial charge in [0.1, 0.15) is 0 Å². The summed E-state index contributed by atoms with van der Waals surface area (Å²) in [6.45, 7) is 1.90. The molecule has 21 heavy (non-hydrogen) atoms. The summed E-state index contributed by atoms with van der Waals surface area (Å²) in [5, 5.41) is 11.0. The molecule has 3 N–H and O–H groups in total. The first-order valence-corrected chi connectivity index (χ1v) is 6.18. The predicted molar refractivity (Wildman–Crippen MR) is 72.1 cm³/mol. The quantitative estimate of drug-likeness (QED) is 0.809. The lowest BCUT2D eigenvalue weighted by Crippen LogP contribution is -2.22. The first-order valence-electron chi connectivity index (χ1n) is 6.18. The second-order valence-corrected chi connectivity index (χ2v) is 4.25. The Morgan fingerprint density at radius 1 is 1.29 bits per heavy atom. The zero-order valence-corrected chi connectivity index (χ0v) is 11.1. The number of nitrogens with one attached hydrogen (secondary N) is 3. The normalized spacial score (nSPS) is 11.2. The highest BCUT2D eigenvalue weighted by Crippen LogP contribution is 2.34. The molecule has 0 radical (unpaired) electrons. The van der Waals surface area contributed by atoms with Crippen molar-refractivity contribution in [2.24, 2.45) is 0 Å². The molecule has 1 heterocycles. The van der Waals surface area contributed by atoms with E-state index < -0.39 is 17.8 Å². The molecule has 1 aromatic heterocycles. The first-order chi connectivity index (χ1) is 9.90. The molecule has 2 amide bonds. The summed E-state index contributed by atoms with van der Waals surface area (Å²) in [5.74, 6) is 0.244. The fourth-order valence-electron chi connectivity index (χ4n) is 1.72. The van der Waals surface area contributed by atoms with Crippen LogP contribution in [0.4, 0.5) is 29.5 Å². The number of hydrogen-bond donors (Lipinski definition) is 3. The fraction of sp³-hybridized carbons (Fsp3) is 0.231. The van der Waals surface area contributed by atoms with Crippen molar-refractivity contribution < 1.29 is 18.0 Å². The molecule has 0 saturated carbocycles. The van der Waals surface area contributed by atoms with Gasteiger partial charge in [-0.25, -0.2) is 4.79 Å². The number of benzene rings is 1. The van der Waals surface area contributed by atoms with Gasteiger partial charge < -0.3 is 5.32 Å². The number of para-hydroxylation sites is 1. The number of rotatable bonds is 3. The molecular formula is C13H13F3N4O. The Morgan fingerprint density at radius 3 is 2.62 bits per heavy atom. The number of urea groups is 1. The van der Waals surface area contributed by atoms with Gasteiger partial charge in [-0.2, -0.15) is 18.3 Å². The molecule has 0 aliphatic rings. The topological polar surface area (TPSA) is 69.8 Å². The maximum atomic E-state index is 12.8. The highest BCUT2D eigenvalue weighted by molar-refractivity contribution is 5.99. The monoisotopic (exact) mass is 298 g/mol. The molecule has 0 bridgehead atoms. The second-order valence-electron chi connectivity index (χ2n) is 4.25. The van der Waals surface area contributed by atoms with E-state index >= 15 is 0 Å². The van der Waals surface area contributed by atoms with Crippen LogP contribution in [-0.2, 0) is 12.6 Å². The summed E-state index contributed by atoms with van der Waals surface area (Å²) in [6.07, 6.45) is -3.83. The van der Waals surface area contributed by atoms with Crippen LogP contribution in [0, 0.1) is 0 Å². The molecule has 5 nitrogen and oxygen atoms in total. The van der Waals surface area contributed by atoms with Gasteiger partial charge in [0, 0.05) is 11.8 Å². The molecule has 112 valence electrons. The van der Waals surface area contributed by atoms with Crippen molar-refractivity contribution in [2.75, 3.05) is 10.6 Å². The number of aryl methyl sites for hydroxylation is 1. The van der Waals surface area contributed by atoms with Crippen LogP contribution in [0.5, 0.6) is 0 Å². The van der Waals surface area contributed by atoms with E-state index in [1.165, 1.54) is 18.2 Å². The van der Waals surface area contributed by atoms with Crippen molar-refractivity contribution in [1.29, 1.82) is 0 Å². The van der Waals surface area contributed by atoms with Gasteiger partial charge in [-0.1, -0.05) is 19.1 Å². The van der Waals surface area contributed by atoms with Crippen molar-refractivity contribution in [3.63, 3.8) is 0 Å². The van der Waals surface area contributed by atoms with Crippen LogP contribution in [0.1, 0.15) is 18.2 Å². The van der Waals surface area contributed by atoms with Gasteiger partial charge in [-0.15, -0.1) is 0 Å². The van der Waals surface area contributed by atoms with E-state index in [1.807, 2.05) is 6.92 Å². The summed E-state index contributed by atoms with van der Waals surface area (Å²) in [6, 6.07) is 5.57. The van der Waals surface area contributed by atoms with Crippen LogP contribution in [0.15, 0.2) is 30.3 Å². The Balaban J connectivity index is 2.09. The minimum absolute atomic E-state index is 0.244. The molecule has 2 rings (SSSR count). The highest BCUT2D eigenvalue weighted by Gasteiger charge is 2.33. The number of carbonyl (C=O) groups excluding carboxylic acids is 1. The molecule has 2 aromatic rings. The molecule has 0 saturated heterocycles. The lowest BCUT2D eigenvalue weighted by atomic mass is 10.1. The van der Waals surface area contributed by atoms with E-state index in [4.69, 9.17) is 0 Å². The minimum atomic E-state index is -4.54. The average molecular weight is 298 g/mol. The van der Waals surface area contributed by atoms with E-state index in [0.29, 0.717) is 6.42 Å². The SMILES string of the molecule is CCc1cc(NC(=O)Nc2ccccc2C(F)(F)F)n[nH]1. The number of amides is 2. The third-order valence-electron chi connectivity index (χ3n) is 2.73. The van der Waals surface area contributed by atoms with Crippen LogP contribution in [0.2, 0.25) is 0 Å². The van der Waals surface area contributed by atoms with Gasteiger partial charge in [0.25, 0.3) is 0 Å². The minimum Gasteiger partial charge on any atom is -0.307 e. The van der Waals surface area contributed by atoms with Crippen molar-refractivity contribution >= 4 is 17.5 Å². The number of carbonyl (C=O) groups is 1. The molecule has 0 unspecified atom stereocenters. The number of aromatic nitrogens is 2. The van der Waals surface area contributed by atoms with E-state index in [-0.39, 0.29) is 11.5 Å². The Bertz CT molecular complexity index is 636. The molecule has 8 heteroatoms. The maximum absolute atomic E-state index is 12.8. The largest absolute Gasteiger partial charge is 0.418 e. The van der Waals surface area contributed by atoms with E-state index in [2.05, 4.69) is 20.8 Å². The van der Waals surface area contributed by atoms with Crippen LogP contribution in [0.25, 0.3) is 0 Å². The van der Waals surface area contributed by atoms with Gasteiger partial charge >= 0.3 is 12.2 Å². The van der Waals surface area contributed by atoms with Gasteiger partial charge in [0.2, 0.25) is 0 Å². The molecule has 1 aromatic carbocycles. The van der Waals surface area contributed by atoms with Gasteiger partial charge in [-0.3, -0.25) is 10.4 Å². The van der Waals surface area contributed by atoms with Gasteiger partial charge in [0.05, 0.1) is 11.3 Å². The van der Waals surface area contributed by atoms with E-state index in [0.717, 1.165) is 11.8 Å². The lowest BCUT2D eigenvalue weighted by molar-refractivity contribution is -0.136. The summed E-state index contributed by atoms with van der Waals surface area (Å²) in [7, 11) is 0. The highest BCUT2D eigenvalue weighted by atomic mass is 19.4. The van der Waals surface area contributed by atoms with E-state index in [9.17, 15) is 18.0 Å². The number of halogens is 3. The number of nitrogens with zero attached hydrogens (tertiary/aromatic N) is 1.